The van der Waals surface area contributed by atoms with Gasteiger partial charge in [0.1, 0.15) is 0 Å². The van der Waals surface area contributed by atoms with E-state index in [2.05, 4.69) is 18.7 Å². The number of amides is 1. The van der Waals surface area contributed by atoms with Crippen molar-refractivity contribution in [2.24, 2.45) is 5.92 Å². The van der Waals surface area contributed by atoms with Crippen LogP contribution < -0.4 is 0 Å². The van der Waals surface area contributed by atoms with E-state index in [9.17, 15) is 20.0 Å². The summed E-state index contributed by atoms with van der Waals surface area (Å²) in [5.41, 5.74) is 1.08. The van der Waals surface area contributed by atoms with Crippen LogP contribution in [0.1, 0.15) is 32.3 Å². The van der Waals surface area contributed by atoms with Crippen LogP contribution in [0.2, 0.25) is 0 Å². The van der Waals surface area contributed by atoms with Crippen LogP contribution in [-0.4, -0.2) is 58.0 Å². The minimum absolute atomic E-state index is 0.00767. The fourth-order valence-corrected chi connectivity index (χ4v) is 3.25. The lowest BCUT2D eigenvalue weighted by atomic mass is 10.0. The normalized spacial score (nSPS) is 17.6. The zero-order chi connectivity index (χ0) is 18.4. The third-order valence-electron chi connectivity index (χ3n) is 4.57. The summed E-state index contributed by atoms with van der Waals surface area (Å²) in [6.07, 6.45) is 1.23. The molecule has 1 unspecified atom stereocenters. The minimum atomic E-state index is -0.407. The molecule has 25 heavy (non-hydrogen) atoms. The highest BCUT2D eigenvalue weighted by Gasteiger charge is 2.27. The Labute approximate surface area is 148 Å². The summed E-state index contributed by atoms with van der Waals surface area (Å²) >= 11 is 0. The average Bonchev–Trinajstić information content (AvgIpc) is 2.75. The Morgan fingerprint density at radius 2 is 1.88 bits per heavy atom. The second-order valence-corrected chi connectivity index (χ2v) is 7.00. The van der Waals surface area contributed by atoms with Crippen LogP contribution in [0.15, 0.2) is 24.3 Å². The first-order valence-electron chi connectivity index (χ1n) is 8.76. The smallest absolute Gasteiger partial charge is 0.269 e. The molecule has 0 spiro atoms. The van der Waals surface area contributed by atoms with Gasteiger partial charge >= 0.3 is 0 Å². The van der Waals surface area contributed by atoms with E-state index in [0.717, 1.165) is 18.5 Å². The molecule has 138 valence electrons. The molecule has 1 aliphatic heterocycles. The van der Waals surface area contributed by atoms with Crippen molar-refractivity contribution in [3.8, 4) is 0 Å². The highest BCUT2D eigenvalue weighted by molar-refractivity contribution is 5.77. The molecule has 1 aromatic carbocycles. The molecule has 1 N–H and O–H groups in total. The van der Waals surface area contributed by atoms with Crippen LogP contribution in [-0.2, 0) is 11.3 Å². The van der Waals surface area contributed by atoms with Gasteiger partial charge in [-0.25, -0.2) is 0 Å². The van der Waals surface area contributed by atoms with Crippen LogP contribution in [0.3, 0.4) is 0 Å². The SMILES string of the molecule is CC(C)CC(CO)N1CCN(Cc2ccc([N+](=O)[O-])cc2)CCC1=O. The summed E-state index contributed by atoms with van der Waals surface area (Å²) in [6, 6.07) is 6.42. The number of hydrogen-bond acceptors (Lipinski definition) is 5. The van der Waals surface area contributed by atoms with Gasteiger partial charge in [0.2, 0.25) is 5.91 Å². The van der Waals surface area contributed by atoms with Crippen molar-refractivity contribution >= 4 is 11.6 Å². The fourth-order valence-electron chi connectivity index (χ4n) is 3.25. The number of nitrogens with zero attached hydrogens (tertiary/aromatic N) is 3. The number of rotatable bonds is 7. The maximum absolute atomic E-state index is 12.4. The summed E-state index contributed by atoms with van der Waals surface area (Å²) in [4.78, 5) is 26.7. The average molecular weight is 349 g/mol. The van der Waals surface area contributed by atoms with Crippen molar-refractivity contribution in [3.05, 3.63) is 39.9 Å². The molecule has 0 aromatic heterocycles. The predicted octanol–water partition coefficient (Wildman–Crippen LogP) is 2.04. The molecule has 0 aliphatic carbocycles. The molecule has 2 rings (SSSR count). The number of aliphatic hydroxyl groups is 1. The van der Waals surface area contributed by atoms with Gasteiger partial charge < -0.3 is 10.0 Å². The molecule has 1 fully saturated rings. The first-order valence-corrected chi connectivity index (χ1v) is 8.76. The standard InChI is InChI=1S/C18H27N3O4/c1-14(2)11-17(13-22)20-10-9-19(8-7-18(20)23)12-15-3-5-16(6-4-15)21(24)25/h3-6,14,17,22H,7-13H2,1-2H3. The number of benzene rings is 1. The van der Waals surface area contributed by atoms with Gasteiger partial charge in [-0.1, -0.05) is 26.0 Å². The lowest BCUT2D eigenvalue weighted by Gasteiger charge is -2.31. The quantitative estimate of drug-likeness (QED) is 0.601. The Morgan fingerprint density at radius 1 is 1.20 bits per heavy atom. The summed E-state index contributed by atoms with van der Waals surface area (Å²) < 4.78 is 0. The van der Waals surface area contributed by atoms with Crippen molar-refractivity contribution in [2.75, 3.05) is 26.2 Å². The maximum Gasteiger partial charge on any atom is 0.269 e. The lowest BCUT2D eigenvalue weighted by molar-refractivity contribution is -0.384. The zero-order valence-corrected chi connectivity index (χ0v) is 14.9. The van der Waals surface area contributed by atoms with Crippen molar-refractivity contribution in [1.29, 1.82) is 0 Å². The Morgan fingerprint density at radius 3 is 2.44 bits per heavy atom. The van der Waals surface area contributed by atoms with Gasteiger partial charge in [0, 0.05) is 44.7 Å². The molecular weight excluding hydrogens is 322 g/mol. The number of carbonyl (C=O) groups excluding carboxylic acids is 1. The van der Waals surface area contributed by atoms with E-state index in [-0.39, 0.29) is 24.2 Å². The van der Waals surface area contributed by atoms with E-state index in [4.69, 9.17) is 0 Å². The highest BCUT2D eigenvalue weighted by Crippen LogP contribution is 2.18. The number of nitro benzene ring substituents is 1. The van der Waals surface area contributed by atoms with Gasteiger partial charge in [-0.05, 0) is 17.9 Å². The highest BCUT2D eigenvalue weighted by atomic mass is 16.6. The maximum atomic E-state index is 12.4. The first kappa shape index (κ1) is 19.3. The van der Waals surface area contributed by atoms with Gasteiger partial charge in [-0.3, -0.25) is 19.8 Å². The van der Waals surface area contributed by atoms with E-state index < -0.39 is 4.92 Å². The zero-order valence-electron chi connectivity index (χ0n) is 14.9. The van der Waals surface area contributed by atoms with Gasteiger partial charge in [0.25, 0.3) is 5.69 Å². The second-order valence-electron chi connectivity index (χ2n) is 7.00. The number of hydrogen-bond donors (Lipinski definition) is 1. The van der Waals surface area contributed by atoms with Crippen molar-refractivity contribution in [2.45, 2.75) is 39.3 Å². The topological polar surface area (TPSA) is 86.9 Å². The molecule has 0 radical (unpaired) electrons. The molecule has 7 nitrogen and oxygen atoms in total. The number of aliphatic hydroxyl groups excluding tert-OH is 1. The third-order valence-corrected chi connectivity index (χ3v) is 4.57. The molecular formula is C18H27N3O4. The summed E-state index contributed by atoms with van der Waals surface area (Å²) in [6.45, 7) is 6.82. The molecule has 1 amide bonds. The summed E-state index contributed by atoms with van der Waals surface area (Å²) in [5, 5.41) is 20.4. The number of non-ortho nitro benzene ring substituents is 1. The van der Waals surface area contributed by atoms with E-state index in [0.29, 0.717) is 32.0 Å². The van der Waals surface area contributed by atoms with Gasteiger partial charge in [0.05, 0.1) is 17.6 Å². The van der Waals surface area contributed by atoms with Crippen LogP contribution in [0, 0.1) is 16.0 Å². The van der Waals surface area contributed by atoms with E-state index in [1.165, 1.54) is 12.1 Å². The molecule has 1 aromatic rings. The van der Waals surface area contributed by atoms with Gasteiger partial charge in [-0.15, -0.1) is 0 Å². The largest absolute Gasteiger partial charge is 0.394 e. The molecule has 1 aliphatic rings. The van der Waals surface area contributed by atoms with Crippen molar-refractivity contribution in [1.82, 2.24) is 9.80 Å². The molecule has 0 saturated carbocycles. The van der Waals surface area contributed by atoms with Crippen LogP contribution in [0.5, 0.6) is 0 Å². The Kier molecular flexibility index (Phi) is 6.90. The number of carbonyl (C=O) groups is 1. The summed E-state index contributed by atoms with van der Waals surface area (Å²) in [7, 11) is 0. The van der Waals surface area contributed by atoms with Crippen LogP contribution >= 0.6 is 0 Å². The Bertz CT molecular complexity index is 588. The molecule has 1 atom stereocenters. The molecule has 1 saturated heterocycles. The summed E-state index contributed by atoms with van der Waals surface area (Å²) in [5.74, 6) is 0.510. The Balaban J connectivity index is 1.97. The second kappa shape index (κ2) is 8.92. The first-order chi connectivity index (χ1) is 11.9. The third kappa shape index (κ3) is 5.51. The predicted molar refractivity (Wildman–Crippen MR) is 95.0 cm³/mol. The molecule has 0 bridgehead atoms. The van der Waals surface area contributed by atoms with Crippen molar-refractivity contribution < 1.29 is 14.8 Å². The van der Waals surface area contributed by atoms with Crippen LogP contribution in [0.25, 0.3) is 0 Å². The van der Waals surface area contributed by atoms with Gasteiger partial charge in [0.15, 0.2) is 0 Å². The van der Waals surface area contributed by atoms with Gasteiger partial charge in [-0.2, -0.15) is 0 Å². The van der Waals surface area contributed by atoms with Crippen molar-refractivity contribution in [3.63, 3.8) is 0 Å². The monoisotopic (exact) mass is 349 g/mol. The Hall–Kier alpha value is -1.99. The lowest BCUT2D eigenvalue weighted by Crippen LogP contribution is -2.44. The van der Waals surface area contributed by atoms with E-state index in [1.807, 2.05) is 4.90 Å². The van der Waals surface area contributed by atoms with Crippen LogP contribution in [0.4, 0.5) is 5.69 Å². The van der Waals surface area contributed by atoms with E-state index >= 15 is 0 Å². The fraction of sp³-hybridized carbons (Fsp3) is 0.611. The molecule has 1 heterocycles. The number of nitro groups is 1. The molecule has 7 heteroatoms. The van der Waals surface area contributed by atoms with E-state index in [1.54, 1.807) is 12.1 Å². The minimum Gasteiger partial charge on any atom is -0.394 e.